The van der Waals surface area contributed by atoms with Crippen LogP contribution in [0.25, 0.3) is 5.57 Å². The quantitative estimate of drug-likeness (QED) is 0.745. The summed E-state index contributed by atoms with van der Waals surface area (Å²) < 4.78 is 6.38. The molecule has 2 aromatic carbocycles. The van der Waals surface area contributed by atoms with Crippen LogP contribution in [0.3, 0.4) is 0 Å². The first-order valence-corrected chi connectivity index (χ1v) is 10.1. The summed E-state index contributed by atoms with van der Waals surface area (Å²) in [6, 6.07) is 15.2. The molecule has 3 nitrogen and oxygen atoms in total. The summed E-state index contributed by atoms with van der Waals surface area (Å²) in [6.07, 6.45) is 6.60. The molecule has 4 rings (SSSR count). The van der Waals surface area contributed by atoms with Gasteiger partial charge in [0.25, 0.3) is 0 Å². The molecule has 0 fully saturated rings. The summed E-state index contributed by atoms with van der Waals surface area (Å²) in [5.41, 5.74) is 6.96. The van der Waals surface area contributed by atoms with Crippen molar-refractivity contribution in [3.63, 3.8) is 0 Å². The van der Waals surface area contributed by atoms with Gasteiger partial charge in [-0.15, -0.1) is 11.6 Å². The lowest BCUT2D eigenvalue weighted by Gasteiger charge is -2.30. The average Bonchev–Trinajstić information content (AvgIpc) is 2.72. The van der Waals surface area contributed by atoms with E-state index in [1.54, 1.807) is 0 Å². The Morgan fingerprint density at radius 2 is 1.82 bits per heavy atom. The maximum absolute atomic E-state index is 6.38. The fraction of sp³-hybridized carbons (Fsp3) is 0.250. The van der Waals surface area contributed by atoms with Crippen LogP contribution in [0, 0.1) is 0 Å². The molecule has 0 saturated heterocycles. The van der Waals surface area contributed by atoms with E-state index < -0.39 is 0 Å². The molecular formula is C24H25ClN2O. The molecule has 144 valence electrons. The van der Waals surface area contributed by atoms with Gasteiger partial charge in [0, 0.05) is 35.2 Å². The fourth-order valence-corrected chi connectivity index (χ4v) is 3.88. The van der Waals surface area contributed by atoms with Gasteiger partial charge >= 0.3 is 0 Å². The molecular weight excluding hydrogens is 368 g/mol. The molecule has 0 radical (unpaired) electrons. The first-order valence-electron chi connectivity index (χ1n) is 9.53. The summed E-state index contributed by atoms with van der Waals surface area (Å²) >= 11 is 5.99. The zero-order valence-corrected chi connectivity index (χ0v) is 17.3. The topological polar surface area (TPSA) is 24.5 Å². The van der Waals surface area contributed by atoms with E-state index in [4.69, 9.17) is 16.3 Å². The molecule has 1 aliphatic carbocycles. The molecule has 0 saturated carbocycles. The van der Waals surface area contributed by atoms with Crippen molar-refractivity contribution in [3.05, 3.63) is 94.3 Å². The summed E-state index contributed by atoms with van der Waals surface area (Å²) in [5, 5.41) is 3.21. The monoisotopic (exact) mass is 392 g/mol. The van der Waals surface area contributed by atoms with E-state index in [1.165, 1.54) is 16.7 Å². The normalized spacial score (nSPS) is 17.9. The van der Waals surface area contributed by atoms with Crippen molar-refractivity contribution >= 4 is 17.2 Å². The van der Waals surface area contributed by atoms with Crippen molar-refractivity contribution in [1.29, 1.82) is 0 Å². The predicted molar refractivity (Wildman–Crippen MR) is 117 cm³/mol. The smallest absolute Gasteiger partial charge is 0.135 e. The molecule has 2 aliphatic rings. The van der Waals surface area contributed by atoms with E-state index in [-0.39, 0.29) is 6.04 Å². The van der Waals surface area contributed by atoms with Crippen molar-refractivity contribution in [2.75, 3.05) is 21.1 Å². The Hall–Kier alpha value is -2.33. The van der Waals surface area contributed by atoms with Crippen LogP contribution >= 0.6 is 11.6 Å². The lowest BCUT2D eigenvalue weighted by atomic mass is 9.86. The van der Waals surface area contributed by atoms with Crippen molar-refractivity contribution in [3.8, 4) is 5.75 Å². The van der Waals surface area contributed by atoms with E-state index in [0.717, 1.165) is 34.8 Å². The standard InChI is InChI=1S/C24H25ClN2O/c1-26-15-17-6-10-20-22(12-17)28-23-13-19(27(2)3)9-11-21(23)24(20)18-7-4-16(14-25)5-8-18/h4-13,19,26H,14-15H2,1-3H3. The number of hydrogen-bond acceptors (Lipinski definition) is 3. The molecule has 0 spiro atoms. The van der Waals surface area contributed by atoms with Crippen LogP contribution in [-0.2, 0) is 12.4 Å². The third kappa shape index (κ3) is 3.53. The fourth-order valence-electron chi connectivity index (χ4n) is 3.70. The molecule has 1 unspecified atom stereocenters. The average molecular weight is 393 g/mol. The van der Waals surface area contributed by atoms with Gasteiger partial charge in [-0.1, -0.05) is 48.6 Å². The number of nitrogens with one attached hydrogen (secondary N) is 1. The van der Waals surface area contributed by atoms with Gasteiger partial charge in [-0.2, -0.15) is 0 Å². The molecule has 0 aromatic heterocycles. The third-order valence-corrected chi connectivity index (χ3v) is 5.53. The third-order valence-electron chi connectivity index (χ3n) is 5.23. The molecule has 1 heterocycles. The van der Waals surface area contributed by atoms with Gasteiger partial charge in [-0.05, 0) is 50.0 Å². The Morgan fingerprint density at radius 1 is 1.07 bits per heavy atom. The minimum absolute atomic E-state index is 0.223. The van der Waals surface area contributed by atoms with Gasteiger partial charge in [0.05, 0.1) is 0 Å². The summed E-state index contributed by atoms with van der Waals surface area (Å²) in [7, 11) is 6.11. The van der Waals surface area contributed by atoms with E-state index in [0.29, 0.717) is 5.88 Å². The molecule has 1 N–H and O–H groups in total. The molecule has 2 aromatic rings. The van der Waals surface area contributed by atoms with Crippen LogP contribution in [0.1, 0.15) is 22.3 Å². The number of nitrogens with zero attached hydrogens (tertiary/aromatic N) is 1. The number of likely N-dealkylation sites (N-methyl/N-ethyl adjacent to an activating group) is 1. The zero-order valence-electron chi connectivity index (χ0n) is 16.5. The van der Waals surface area contributed by atoms with Crippen LogP contribution in [0.5, 0.6) is 5.75 Å². The van der Waals surface area contributed by atoms with E-state index in [9.17, 15) is 0 Å². The Kier molecular flexibility index (Phi) is 5.40. The van der Waals surface area contributed by atoms with Crippen LogP contribution in [0.2, 0.25) is 0 Å². The number of hydrogen-bond donors (Lipinski definition) is 1. The van der Waals surface area contributed by atoms with E-state index in [1.807, 2.05) is 7.05 Å². The highest BCUT2D eigenvalue weighted by Gasteiger charge is 2.27. The minimum Gasteiger partial charge on any atom is -0.456 e. The first kappa shape index (κ1) is 19.0. The summed E-state index contributed by atoms with van der Waals surface area (Å²) in [6.45, 7) is 0.812. The maximum atomic E-state index is 6.38. The molecule has 4 heteroatoms. The number of halogens is 1. The van der Waals surface area contributed by atoms with Gasteiger partial charge < -0.3 is 10.1 Å². The Balaban J connectivity index is 1.88. The van der Waals surface area contributed by atoms with Crippen LogP contribution in [0.4, 0.5) is 0 Å². The molecule has 28 heavy (non-hydrogen) atoms. The van der Waals surface area contributed by atoms with E-state index in [2.05, 4.69) is 85.0 Å². The van der Waals surface area contributed by atoms with Gasteiger partial charge in [-0.25, -0.2) is 0 Å². The second kappa shape index (κ2) is 7.96. The second-order valence-electron chi connectivity index (χ2n) is 7.43. The second-order valence-corrected chi connectivity index (χ2v) is 7.69. The number of benzene rings is 2. The minimum atomic E-state index is 0.223. The van der Waals surface area contributed by atoms with Crippen molar-refractivity contribution in [2.24, 2.45) is 0 Å². The Bertz CT molecular complexity index is 971. The first-order chi connectivity index (χ1) is 13.6. The molecule has 1 aliphatic heterocycles. The largest absolute Gasteiger partial charge is 0.456 e. The summed E-state index contributed by atoms with van der Waals surface area (Å²) in [4.78, 5) is 2.17. The van der Waals surface area contributed by atoms with Gasteiger partial charge in [0.1, 0.15) is 11.5 Å². The molecule has 0 bridgehead atoms. The Labute approximate surface area is 172 Å². The zero-order chi connectivity index (χ0) is 19.7. The number of alkyl halides is 1. The summed E-state index contributed by atoms with van der Waals surface area (Å²) in [5.74, 6) is 2.35. The lowest BCUT2D eigenvalue weighted by Crippen LogP contribution is -2.27. The van der Waals surface area contributed by atoms with Crippen molar-refractivity contribution in [2.45, 2.75) is 18.5 Å². The van der Waals surface area contributed by atoms with Crippen molar-refractivity contribution < 1.29 is 4.74 Å². The van der Waals surface area contributed by atoms with E-state index >= 15 is 0 Å². The number of fused-ring (bicyclic) bond motifs is 2. The van der Waals surface area contributed by atoms with Crippen LogP contribution in [-0.4, -0.2) is 32.1 Å². The number of rotatable bonds is 5. The molecule has 0 amide bonds. The highest BCUT2D eigenvalue weighted by atomic mass is 35.5. The van der Waals surface area contributed by atoms with Crippen molar-refractivity contribution in [1.82, 2.24) is 10.2 Å². The number of ether oxygens (including phenoxy) is 1. The highest BCUT2D eigenvalue weighted by molar-refractivity contribution is 6.17. The van der Waals surface area contributed by atoms with Crippen LogP contribution < -0.4 is 10.1 Å². The highest BCUT2D eigenvalue weighted by Crippen LogP contribution is 2.43. The molecule has 1 atom stereocenters. The maximum Gasteiger partial charge on any atom is 0.135 e. The van der Waals surface area contributed by atoms with Crippen LogP contribution in [0.15, 0.2) is 72.0 Å². The van der Waals surface area contributed by atoms with Gasteiger partial charge in [-0.3, -0.25) is 4.90 Å². The lowest BCUT2D eigenvalue weighted by molar-refractivity contribution is 0.368. The number of allylic oxidation sites excluding steroid dienone is 1. The predicted octanol–water partition coefficient (Wildman–Crippen LogP) is 4.72. The SMILES string of the molecule is CNCc1ccc2c(c1)OC1=CC(N(C)C)C=CC1=C2c1ccc(CCl)cc1. The van der Waals surface area contributed by atoms with Gasteiger partial charge in [0.15, 0.2) is 0 Å². The Morgan fingerprint density at radius 3 is 2.50 bits per heavy atom. The van der Waals surface area contributed by atoms with Gasteiger partial charge in [0.2, 0.25) is 0 Å².